The number of benzene rings is 1. The molecule has 1 fully saturated rings. The zero-order chi connectivity index (χ0) is 18.4. The molecule has 1 N–H and O–H groups in total. The zero-order valence-corrected chi connectivity index (χ0v) is 16.3. The number of piperidine rings is 1. The third-order valence-electron chi connectivity index (χ3n) is 4.59. The van der Waals surface area contributed by atoms with Gasteiger partial charge in [0.1, 0.15) is 0 Å². The van der Waals surface area contributed by atoms with E-state index in [2.05, 4.69) is 5.32 Å². The summed E-state index contributed by atoms with van der Waals surface area (Å²) in [6.07, 6.45) is 3.95. The summed E-state index contributed by atoms with van der Waals surface area (Å²) < 4.78 is 27.6. The number of aryl methyl sites for hydroxylation is 1. The average Bonchev–Trinajstić information content (AvgIpc) is 2.55. The molecule has 1 aliphatic rings. The highest BCUT2D eigenvalue weighted by Gasteiger charge is 2.33. The van der Waals surface area contributed by atoms with Gasteiger partial charge in [0.05, 0.1) is 4.90 Å². The molecule has 1 heterocycles. The van der Waals surface area contributed by atoms with Crippen LogP contribution in [0.3, 0.4) is 0 Å². The SMILES string of the molecule is Cc1ccc(S(=O)(=O)N2CCCCC2CCNC(=O)CC(C)C)cc1. The largest absolute Gasteiger partial charge is 0.356 e. The molecule has 0 saturated carbocycles. The minimum Gasteiger partial charge on any atom is -0.356 e. The van der Waals surface area contributed by atoms with Gasteiger partial charge in [-0.15, -0.1) is 0 Å². The van der Waals surface area contributed by atoms with Crippen molar-refractivity contribution in [2.24, 2.45) is 5.92 Å². The molecule has 2 rings (SSSR count). The molecule has 1 atom stereocenters. The topological polar surface area (TPSA) is 66.5 Å². The average molecular weight is 367 g/mol. The number of hydrogen-bond acceptors (Lipinski definition) is 3. The number of amides is 1. The van der Waals surface area contributed by atoms with Gasteiger partial charge in [-0.3, -0.25) is 4.79 Å². The highest BCUT2D eigenvalue weighted by Crippen LogP contribution is 2.27. The molecule has 1 unspecified atom stereocenters. The highest BCUT2D eigenvalue weighted by molar-refractivity contribution is 7.89. The molecular weight excluding hydrogens is 336 g/mol. The van der Waals surface area contributed by atoms with Gasteiger partial charge in [0.15, 0.2) is 0 Å². The number of rotatable bonds is 7. The van der Waals surface area contributed by atoms with E-state index in [0.29, 0.717) is 36.7 Å². The predicted molar refractivity (Wildman–Crippen MR) is 99.8 cm³/mol. The van der Waals surface area contributed by atoms with Crippen LogP contribution >= 0.6 is 0 Å². The van der Waals surface area contributed by atoms with E-state index in [1.807, 2.05) is 32.9 Å². The Morgan fingerprint density at radius 1 is 1.24 bits per heavy atom. The third-order valence-corrected chi connectivity index (χ3v) is 6.56. The Labute approximate surface area is 151 Å². The second-order valence-corrected chi connectivity index (χ2v) is 9.21. The van der Waals surface area contributed by atoms with Gasteiger partial charge >= 0.3 is 0 Å². The van der Waals surface area contributed by atoms with E-state index in [1.54, 1.807) is 16.4 Å². The molecule has 5 nitrogen and oxygen atoms in total. The summed E-state index contributed by atoms with van der Waals surface area (Å²) in [7, 11) is -3.48. The van der Waals surface area contributed by atoms with E-state index in [4.69, 9.17) is 0 Å². The van der Waals surface area contributed by atoms with Crippen molar-refractivity contribution in [2.75, 3.05) is 13.1 Å². The summed E-state index contributed by atoms with van der Waals surface area (Å²) in [6, 6.07) is 6.98. The van der Waals surface area contributed by atoms with Crippen molar-refractivity contribution < 1.29 is 13.2 Å². The Morgan fingerprint density at radius 2 is 1.92 bits per heavy atom. The summed E-state index contributed by atoms with van der Waals surface area (Å²) >= 11 is 0. The molecule has 1 amide bonds. The fourth-order valence-corrected chi connectivity index (χ4v) is 4.97. The molecule has 1 aliphatic heterocycles. The molecule has 0 aliphatic carbocycles. The van der Waals surface area contributed by atoms with Crippen molar-refractivity contribution >= 4 is 15.9 Å². The normalized spacial score (nSPS) is 19.1. The standard InChI is InChI=1S/C19H30N2O3S/c1-15(2)14-19(22)20-12-11-17-6-4-5-13-21(17)25(23,24)18-9-7-16(3)8-10-18/h7-10,15,17H,4-6,11-14H2,1-3H3,(H,20,22). The molecule has 0 radical (unpaired) electrons. The van der Waals surface area contributed by atoms with E-state index in [1.165, 1.54) is 0 Å². The molecule has 1 saturated heterocycles. The lowest BCUT2D eigenvalue weighted by molar-refractivity contribution is -0.121. The Morgan fingerprint density at radius 3 is 2.56 bits per heavy atom. The monoisotopic (exact) mass is 366 g/mol. The lowest BCUT2D eigenvalue weighted by Gasteiger charge is -2.34. The summed E-state index contributed by atoms with van der Waals surface area (Å²) in [5.74, 6) is 0.367. The molecule has 6 heteroatoms. The van der Waals surface area contributed by atoms with Crippen molar-refractivity contribution in [2.45, 2.75) is 63.8 Å². The van der Waals surface area contributed by atoms with Crippen LogP contribution < -0.4 is 5.32 Å². The molecule has 0 aromatic heterocycles. The highest BCUT2D eigenvalue weighted by atomic mass is 32.2. The van der Waals surface area contributed by atoms with E-state index in [9.17, 15) is 13.2 Å². The second-order valence-electron chi connectivity index (χ2n) is 7.32. The summed E-state index contributed by atoms with van der Waals surface area (Å²) in [5, 5.41) is 2.92. The van der Waals surface area contributed by atoms with Crippen LogP contribution in [0, 0.1) is 12.8 Å². The fourth-order valence-electron chi connectivity index (χ4n) is 3.25. The first-order valence-corrected chi connectivity index (χ1v) is 10.6. The molecule has 1 aromatic rings. The molecule has 140 valence electrons. The van der Waals surface area contributed by atoms with Gasteiger partial charge in [-0.1, -0.05) is 38.0 Å². The first kappa shape index (κ1) is 19.9. The quantitative estimate of drug-likeness (QED) is 0.806. The van der Waals surface area contributed by atoms with Crippen LogP contribution in [0.25, 0.3) is 0 Å². The van der Waals surface area contributed by atoms with Gasteiger partial charge in [0, 0.05) is 25.6 Å². The van der Waals surface area contributed by atoms with Crippen molar-refractivity contribution in [3.05, 3.63) is 29.8 Å². The van der Waals surface area contributed by atoms with Crippen LogP contribution in [0.2, 0.25) is 0 Å². The second kappa shape index (κ2) is 8.81. The van der Waals surface area contributed by atoms with Crippen molar-refractivity contribution in [1.82, 2.24) is 9.62 Å². The Bertz CT molecular complexity index is 668. The number of nitrogens with zero attached hydrogens (tertiary/aromatic N) is 1. The van der Waals surface area contributed by atoms with E-state index in [-0.39, 0.29) is 11.9 Å². The van der Waals surface area contributed by atoms with Gasteiger partial charge in [-0.05, 0) is 44.2 Å². The maximum absolute atomic E-state index is 13.0. The minimum absolute atomic E-state index is 0.0405. The van der Waals surface area contributed by atoms with Crippen molar-refractivity contribution in [3.63, 3.8) is 0 Å². The van der Waals surface area contributed by atoms with Crippen LogP contribution in [0.5, 0.6) is 0 Å². The molecular formula is C19H30N2O3S. The van der Waals surface area contributed by atoms with Gasteiger partial charge < -0.3 is 5.32 Å². The maximum Gasteiger partial charge on any atom is 0.243 e. The van der Waals surface area contributed by atoms with Crippen LogP contribution in [0.1, 0.15) is 51.5 Å². The van der Waals surface area contributed by atoms with Crippen molar-refractivity contribution in [3.8, 4) is 0 Å². The summed E-state index contributed by atoms with van der Waals surface area (Å²) in [6.45, 7) is 7.05. The smallest absolute Gasteiger partial charge is 0.243 e. The molecule has 1 aromatic carbocycles. The van der Waals surface area contributed by atoms with Gasteiger partial charge in [0.2, 0.25) is 15.9 Å². The Hall–Kier alpha value is -1.40. The summed E-state index contributed by atoms with van der Waals surface area (Å²) in [4.78, 5) is 12.1. The Balaban J connectivity index is 2.02. The maximum atomic E-state index is 13.0. The van der Waals surface area contributed by atoms with E-state index >= 15 is 0 Å². The van der Waals surface area contributed by atoms with Crippen LogP contribution in [-0.2, 0) is 14.8 Å². The first-order chi connectivity index (χ1) is 11.8. The van der Waals surface area contributed by atoms with E-state index in [0.717, 1.165) is 24.8 Å². The van der Waals surface area contributed by atoms with E-state index < -0.39 is 10.0 Å². The number of hydrogen-bond donors (Lipinski definition) is 1. The lowest BCUT2D eigenvalue weighted by atomic mass is 10.0. The van der Waals surface area contributed by atoms with Gasteiger partial charge in [-0.25, -0.2) is 8.42 Å². The zero-order valence-electron chi connectivity index (χ0n) is 15.5. The van der Waals surface area contributed by atoms with Gasteiger partial charge in [-0.2, -0.15) is 4.31 Å². The molecule has 0 bridgehead atoms. The van der Waals surface area contributed by atoms with Gasteiger partial charge in [0.25, 0.3) is 0 Å². The lowest BCUT2D eigenvalue weighted by Crippen LogP contribution is -2.45. The molecule has 0 spiro atoms. The number of nitrogens with one attached hydrogen (secondary N) is 1. The predicted octanol–water partition coefficient (Wildman–Crippen LogP) is 3.09. The first-order valence-electron chi connectivity index (χ1n) is 9.16. The van der Waals surface area contributed by atoms with Crippen molar-refractivity contribution in [1.29, 1.82) is 0 Å². The number of carbonyl (C=O) groups excluding carboxylic acids is 1. The van der Waals surface area contributed by atoms with Crippen LogP contribution in [0.15, 0.2) is 29.2 Å². The number of sulfonamides is 1. The minimum atomic E-state index is -3.48. The fraction of sp³-hybridized carbons (Fsp3) is 0.632. The Kier molecular flexibility index (Phi) is 7.02. The van der Waals surface area contributed by atoms with Crippen LogP contribution in [0.4, 0.5) is 0 Å². The van der Waals surface area contributed by atoms with Crippen LogP contribution in [-0.4, -0.2) is 37.8 Å². The third kappa shape index (κ3) is 5.54. The molecule has 25 heavy (non-hydrogen) atoms. The number of carbonyl (C=O) groups is 1. The summed E-state index contributed by atoms with van der Waals surface area (Å²) in [5.41, 5.74) is 1.04.